The summed E-state index contributed by atoms with van der Waals surface area (Å²) in [6.45, 7) is 6.62. The van der Waals surface area contributed by atoms with Gasteiger partial charge in [-0.05, 0) is 25.5 Å². The third-order valence-corrected chi connectivity index (χ3v) is 2.42. The molecule has 2 fully saturated rings. The quantitative estimate of drug-likeness (QED) is 0.735. The van der Waals surface area contributed by atoms with Crippen molar-refractivity contribution in [3.8, 4) is 5.75 Å². The van der Waals surface area contributed by atoms with Crippen molar-refractivity contribution in [1.29, 1.82) is 0 Å². The van der Waals surface area contributed by atoms with E-state index >= 15 is 0 Å². The highest BCUT2D eigenvalue weighted by Crippen LogP contribution is 2.18. The second-order valence-electron chi connectivity index (χ2n) is 4.18. The molecule has 0 radical (unpaired) electrons. The van der Waals surface area contributed by atoms with Gasteiger partial charge in [0.2, 0.25) is 0 Å². The number of ether oxygens (including phenoxy) is 3. The number of rotatable bonds is 3. The van der Waals surface area contributed by atoms with Crippen LogP contribution in [0.2, 0.25) is 0 Å². The number of epoxide rings is 2. The highest BCUT2D eigenvalue weighted by atomic mass is 16.6. The topological polar surface area (TPSA) is 34.3 Å². The molecule has 0 N–H and O–H groups in total. The van der Waals surface area contributed by atoms with Gasteiger partial charge in [0.1, 0.15) is 18.5 Å². The van der Waals surface area contributed by atoms with Gasteiger partial charge in [-0.1, -0.05) is 18.2 Å². The lowest BCUT2D eigenvalue weighted by molar-refractivity contribution is 0.262. The second kappa shape index (κ2) is 5.32. The molecule has 2 unspecified atom stereocenters. The van der Waals surface area contributed by atoms with Crippen LogP contribution in [0.25, 0.3) is 0 Å². The average Bonchev–Trinajstić information content (AvgIpc) is 3.15. The molecular formula is C13H18O3. The van der Waals surface area contributed by atoms with Gasteiger partial charge < -0.3 is 14.2 Å². The van der Waals surface area contributed by atoms with Crippen LogP contribution in [0, 0.1) is 6.92 Å². The summed E-state index contributed by atoms with van der Waals surface area (Å²) in [6.07, 6.45) is 0.921. The van der Waals surface area contributed by atoms with E-state index < -0.39 is 0 Å². The largest absolute Gasteiger partial charge is 0.491 e. The van der Waals surface area contributed by atoms with E-state index in [1.807, 2.05) is 31.2 Å². The van der Waals surface area contributed by atoms with Crippen molar-refractivity contribution in [3.63, 3.8) is 0 Å². The summed E-state index contributed by atoms with van der Waals surface area (Å²) in [5, 5.41) is 0. The first-order chi connectivity index (χ1) is 7.75. The molecule has 0 bridgehead atoms. The maximum absolute atomic E-state index is 5.54. The Hall–Kier alpha value is -1.06. The molecule has 0 aromatic heterocycles. The van der Waals surface area contributed by atoms with E-state index in [9.17, 15) is 0 Å². The van der Waals surface area contributed by atoms with Gasteiger partial charge in [0, 0.05) is 0 Å². The Labute approximate surface area is 96.3 Å². The van der Waals surface area contributed by atoms with Gasteiger partial charge in [0.15, 0.2) is 0 Å². The van der Waals surface area contributed by atoms with E-state index in [4.69, 9.17) is 14.2 Å². The third kappa shape index (κ3) is 4.21. The molecule has 3 rings (SSSR count). The summed E-state index contributed by atoms with van der Waals surface area (Å²) in [6, 6.07) is 8.02. The van der Waals surface area contributed by atoms with Crippen molar-refractivity contribution >= 4 is 0 Å². The van der Waals surface area contributed by atoms with Crippen molar-refractivity contribution in [2.45, 2.75) is 26.1 Å². The van der Waals surface area contributed by atoms with Crippen molar-refractivity contribution in [2.24, 2.45) is 0 Å². The van der Waals surface area contributed by atoms with Crippen molar-refractivity contribution in [3.05, 3.63) is 29.8 Å². The first kappa shape index (κ1) is 11.4. The van der Waals surface area contributed by atoms with Crippen molar-refractivity contribution < 1.29 is 14.2 Å². The van der Waals surface area contributed by atoms with Crippen LogP contribution in [0.5, 0.6) is 5.75 Å². The Morgan fingerprint density at radius 1 is 1.25 bits per heavy atom. The van der Waals surface area contributed by atoms with E-state index in [2.05, 4.69) is 6.92 Å². The molecular weight excluding hydrogens is 204 g/mol. The van der Waals surface area contributed by atoms with Gasteiger partial charge in [0.25, 0.3) is 0 Å². The molecule has 1 aromatic rings. The summed E-state index contributed by atoms with van der Waals surface area (Å²) in [7, 11) is 0. The second-order valence-corrected chi connectivity index (χ2v) is 4.18. The van der Waals surface area contributed by atoms with E-state index in [0.717, 1.165) is 19.0 Å². The molecule has 2 atom stereocenters. The molecule has 2 saturated heterocycles. The fourth-order valence-electron chi connectivity index (χ4n) is 1.16. The molecule has 3 heteroatoms. The van der Waals surface area contributed by atoms with Crippen LogP contribution in [-0.4, -0.2) is 32.0 Å². The van der Waals surface area contributed by atoms with Gasteiger partial charge in [-0.3, -0.25) is 0 Å². The molecule has 16 heavy (non-hydrogen) atoms. The SMILES string of the molecule is CC1CO1.Cc1ccccc1OCC1CO1. The highest BCUT2D eigenvalue weighted by Gasteiger charge is 2.23. The Morgan fingerprint density at radius 3 is 2.38 bits per heavy atom. The normalized spacial score (nSPS) is 25.4. The molecule has 88 valence electrons. The first-order valence-electron chi connectivity index (χ1n) is 5.67. The minimum Gasteiger partial charge on any atom is -0.491 e. The Balaban J connectivity index is 0.000000203. The van der Waals surface area contributed by atoms with Crippen LogP contribution in [0.1, 0.15) is 12.5 Å². The Bertz CT molecular complexity index is 330. The molecule has 0 amide bonds. The standard InChI is InChI=1S/C10H12O2.C3H6O/c1-8-4-2-3-5-10(8)12-7-9-6-11-9;1-3-2-4-3/h2-5,9H,6-7H2,1H3;3H,2H2,1H3. The first-order valence-corrected chi connectivity index (χ1v) is 5.67. The van der Waals surface area contributed by atoms with Crippen LogP contribution >= 0.6 is 0 Å². The Morgan fingerprint density at radius 2 is 1.88 bits per heavy atom. The predicted molar refractivity (Wildman–Crippen MR) is 61.8 cm³/mol. The monoisotopic (exact) mass is 222 g/mol. The minimum atomic E-state index is 0.338. The number of hydrogen-bond acceptors (Lipinski definition) is 3. The lowest BCUT2D eigenvalue weighted by Gasteiger charge is -2.06. The summed E-state index contributed by atoms with van der Waals surface area (Å²) in [5.74, 6) is 0.966. The molecule has 0 saturated carbocycles. The van der Waals surface area contributed by atoms with Crippen molar-refractivity contribution in [1.82, 2.24) is 0 Å². The van der Waals surface area contributed by atoms with Crippen LogP contribution < -0.4 is 4.74 Å². The maximum atomic E-state index is 5.54. The van der Waals surface area contributed by atoms with Gasteiger partial charge in [-0.2, -0.15) is 0 Å². The summed E-state index contributed by atoms with van der Waals surface area (Å²) < 4.78 is 15.3. The zero-order valence-corrected chi connectivity index (χ0v) is 9.81. The predicted octanol–water partition coefficient (Wildman–Crippen LogP) is 2.18. The van der Waals surface area contributed by atoms with E-state index in [0.29, 0.717) is 18.8 Å². The van der Waals surface area contributed by atoms with Gasteiger partial charge in [-0.15, -0.1) is 0 Å². The highest BCUT2D eigenvalue weighted by molar-refractivity contribution is 5.31. The van der Waals surface area contributed by atoms with E-state index in [1.54, 1.807) is 0 Å². The molecule has 2 aliphatic rings. The number of aryl methyl sites for hydroxylation is 1. The smallest absolute Gasteiger partial charge is 0.122 e. The van der Waals surface area contributed by atoms with Crippen molar-refractivity contribution in [2.75, 3.05) is 19.8 Å². The summed E-state index contributed by atoms with van der Waals surface area (Å²) >= 11 is 0. The zero-order valence-electron chi connectivity index (χ0n) is 9.81. The van der Waals surface area contributed by atoms with Crippen LogP contribution in [0.4, 0.5) is 0 Å². The molecule has 0 aliphatic carbocycles. The minimum absolute atomic E-state index is 0.338. The third-order valence-electron chi connectivity index (χ3n) is 2.42. The van der Waals surface area contributed by atoms with Crippen LogP contribution in [0.15, 0.2) is 24.3 Å². The summed E-state index contributed by atoms with van der Waals surface area (Å²) in [4.78, 5) is 0. The Kier molecular flexibility index (Phi) is 3.80. The molecule has 1 aromatic carbocycles. The molecule has 3 nitrogen and oxygen atoms in total. The molecule has 2 heterocycles. The number of para-hydroxylation sites is 1. The zero-order chi connectivity index (χ0) is 11.4. The van der Waals surface area contributed by atoms with Gasteiger partial charge in [-0.25, -0.2) is 0 Å². The van der Waals surface area contributed by atoms with Crippen LogP contribution in [0.3, 0.4) is 0 Å². The number of hydrogen-bond donors (Lipinski definition) is 0. The van der Waals surface area contributed by atoms with Gasteiger partial charge in [0.05, 0.1) is 19.3 Å². The van der Waals surface area contributed by atoms with E-state index in [1.165, 1.54) is 5.56 Å². The fraction of sp³-hybridized carbons (Fsp3) is 0.538. The average molecular weight is 222 g/mol. The molecule has 2 aliphatic heterocycles. The van der Waals surface area contributed by atoms with Gasteiger partial charge >= 0.3 is 0 Å². The number of benzene rings is 1. The van der Waals surface area contributed by atoms with Crippen LogP contribution in [-0.2, 0) is 9.47 Å². The summed E-state index contributed by atoms with van der Waals surface area (Å²) in [5.41, 5.74) is 1.18. The molecule has 0 spiro atoms. The fourth-order valence-corrected chi connectivity index (χ4v) is 1.16. The lowest BCUT2D eigenvalue weighted by atomic mass is 10.2. The maximum Gasteiger partial charge on any atom is 0.122 e. The van der Waals surface area contributed by atoms with E-state index in [-0.39, 0.29) is 0 Å². The lowest BCUT2D eigenvalue weighted by Crippen LogP contribution is -2.04.